The Morgan fingerprint density at radius 2 is 1.95 bits per heavy atom. The maximum Gasteiger partial charge on any atom is 0.134 e. The molecule has 0 saturated heterocycles. The third-order valence-electron chi connectivity index (χ3n) is 3.74. The normalized spacial score (nSPS) is 11.0. The number of nitrogens with one attached hydrogen (secondary N) is 1. The van der Waals surface area contributed by atoms with Crippen LogP contribution in [0.15, 0.2) is 46.9 Å². The fourth-order valence-electron chi connectivity index (χ4n) is 2.52. The minimum absolute atomic E-state index is 0.791. The zero-order valence-corrected chi connectivity index (χ0v) is 14.4. The first-order valence-corrected chi connectivity index (χ1v) is 8.26. The smallest absolute Gasteiger partial charge is 0.134 e. The first-order chi connectivity index (χ1) is 10.2. The molecule has 0 spiro atoms. The summed E-state index contributed by atoms with van der Waals surface area (Å²) in [5.41, 5.74) is 4.70. The Morgan fingerprint density at radius 3 is 2.71 bits per heavy atom. The number of halogens is 1. The second-order valence-electron chi connectivity index (χ2n) is 5.17. The van der Waals surface area contributed by atoms with Crippen LogP contribution in [0, 0.1) is 10.5 Å². The van der Waals surface area contributed by atoms with Gasteiger partial charge in [0.1, 0.15) is 11.3 Å². The number of hydrogen-bond donors (Lipinski definition) is 1. The van der Waals surface area contributed by atoms with Gasteiger partial charge in [0.05, 0.1) is 0 Å². The predicted molar refractivity (Wildman–Crippen MR) is 96.8 cm³/mol. The Labute approximate surface area is 138 Å². The fourth-order valence-corrected chi connectivity index (χ4v) is 3.04. The van der Waals surface area contributed by atoms with Crippen molar-refractivity contribution in [3.05, 3.63) is 62.9 Å². The van der Waals surface area contributed by atoms with Crippen molar-refractivity contribution in [1.29, 1.82) is 0 Å². The lowest BCUT2D eigenvalue weighted by molar-refractivity contribution is 0.551. The number of para-hydroxylation sites is 1. The second-order valence-corrected chi connectivity index (χ2v) is 6.33. The monoisotopic (exact) mass is 391 g/mol. The number of aryl methyl sites for hydroxylation is 2. The van der Waals surface area contributed by atoms with Gasteiger partial charge in [-0.1, -0.05) is 31.2 Å². The maximum absolute atomic E-state index is 5.94. The molecule has 0 fully saturated rings. The summed E-state index contributed by atoms with van der Waals surface area (Å²) in [6.45, 7) is 5.06. The molecule has 108 valence electrons. The minimum atomic E-state index is 0.791. The van der Waals surface area contributed by atoms with E-state index >= 15 is 0 Å². The van der Waals surface area contributed by atoms with Crippen molar-refractivity contribution in [2.24, 2.45) is 0 Å². The summed E-state index contributed by atoms with van der Waals surface area (Å²) in [6, 6.07) is 14.7. The summed E-state index contributed by atoms with van der Waals surface area (Å²) in [7, 11) is 0. The predicted octanol–water partition coefficient (Wildman–Crippen LogP) is 5.52. The van der Waals surface area contributed by atoms with E-state index in [1.54, 1.807) is 0 Å². The standard InChI is InChI=1S/C18H18INO/c1-3-17-15(14-6-4-5-7-18(14)21-17)11-20-13-9-8-12(2)16(19)10-13/h4-10,20H,3,11H2,1-2H3. The molecule has 3 aromatic rings. The van der Waals surface area contributed by atoms with Gasteiger partial charge in [0.25, 0.3) is 0 Å². The zero-order valence-electron chi connectivity index (χ0n) is 12.2. The third kappa shape index (κ3) is 2.93. The Balaban J connectivity index is 1.89. The van der Waals surface area contributed by atoms with Crippen LogP contribution in [0.4, 0.5) is 5.69 Å². The largest absolute Gasteiger partial charge is 0.461 e. The number of fused-ring (bicyclic) bond motifs is 1. The van der Waals surface area contributed by atoms with Gasteiger partial charge in [-0.2, -0.15) is 0 Å². The Bertz CT molecular complexity index is 776. The molecule has 0 bridgehead atoms. The molecule has 0 aliphatic rings. The molecule has 2 nitrogen and oxygen atoms in total. The lowest BCUT2D eigenvalue weighted by atomic mass is 10.1. The summed E-state index contributed by atoms with van der Waals surface area (Å²) in [5, 5.41) is 4.73. The van der Waals surface area contributed by atoms with Crippen molar-refractivity contribution < 1.29 is 4.42 Å². The van der Waals surface area contributed by atoms with E-state index in [1.165, 1.54) is 20.1 Å². The van der Waals surface area contributed by atoms with E-state index in [0.29, 0.717) is 0 Å². The highest BCUT2D eigenvalue weighted by molar-refractivity contribution is 14.1. The number of hydrogen-bond acceptors (Lipinski definition) is 2. The topological polar surface area (TPSA) is 25.2 Å². The fraction of sp³-hybridized carbons (Fsp3) is 0.222. The lowest BCUT2D eigenvalue weighted by Gasteiger charge is -2.08. The molecular formula is C18H18INO. The SMILES string of the molecule is CCc1oc2ccccc2c1CNc1ccc(C)c(I)c1. The van der Waals surface area contributed by atoms with E-state index in [0.717, 1.165) is 30.0 Å². The van der Waals surface area contributed by atoms with Crippen molar-refractivity contribution in [2.75, 3.05) is 5.32 Å². The quantitative estimate of drug-likeness (QED) is 0.593. The molecule has 2 aromatic carbocycles. The van der Waals surface area contributed by atoms with Crippen molar-refractivity contribution in [1.82, 2.24) is 0 Å². The van der Waals surface area contributed by atoms with Crippen molar-refractivity contribution in [3.63, 3.8) is 0 Å². The van der Waals surface area contributed by atoms with Gasteiger partial charge in [-0.3, -0.25) is 0 Å². The van der Waals surface area contributed by atoms with E-state index in [1.807, 2.05) is 12.1 Å². The van der Waals surface area contributed by atoms with Crippen molar-refractivity contribution in [2.45, 2.75) is 26.8 Å². The summed E-state index contributed by atoms with van der Waals surface area (Å²) in [6.07, 6.45) is 0.914. The van der Waals surface area contributed by atoms with Gasteiger partial charge in [-0.25, -0.2) is 0 Å². The average Bonchev–Trinajstić information content (AvgIpc) is 2.86. The van der Waals surface area contributed by atoms with E-state index in [-0.39, 0.29) is 0 Å². The van der Waals surface area contributed by atoms with E-state index in [9.17, 15) is 0 Å². The second kappa shape index (κ2) is 6.10. The Kier molecular flexibility index (Phi) is 4.19. The van der Waals surface area contributed by atoms with Crippen LogP contribution in [0.25, 0.3) is 11.0 Å². The van der Waals surface area contributed by atoms with E-state index < -0.39 is 0 Å². The van der Waals surface area contributed by atoms with Gasteiger partial charge < -0.3 is 9.73 Å². The summed E-state index contributed by atoms with van der Waals surface area (Å²) >= 11 is 2.37. The van der Waals surface area contributed by atoms with Crippen LogP contribution < -0.4 is 5.32 Å². The van der Waals surface area contributed by atoms with Gasteiger partial charge in [-0.05, 0) is 53.3 Å². The van der Waals surface area contributed by atoms with Crippen LogP contribution in [-0.4, -0.2) is 0 Å². The molecule has 3 heteroatoms. The molecular weight excluding hydrogens is 373 g/mol. The molecule has 0 atom stereocenters. The van der Waals surface area contributed by atoms with Crippen LogP contribution >= 0.6 is 22.6 Å². The minimum Gasteiger partial charge on any atom is -0.461 e. The third-order valence-corrected chi connectivity index (χ3v) is 4.91. The van der Waals surface area contributed by atoms with Crippen LogP contribution in [0.5, 0.6) is 0 Å². The molecule has 1 aromatic heterocycles. The number of furan rings is 1. The Morgan fingerprint density at radius 1 is 1.14 bits per heavy atom. The van der Waals surface area contributed by atoms with Gasteiger partial charge in [-0.15, -0.1) is 0 Å². The molecule has 1 N–H and O–H groups in total. The van der Waals surface area contributed by atoms with Gasteiger partial charge >= 0.3 is 0 Å². The lowest BCUT2D eigenvalue weighted by Crippen LogP contribution is -2.01. The molecule has 3 rings (SSSR count). The molecule has 0 radical (unpaired) electrons. The van der Waals surface area contributed by atoms with Gasteiger partial charge in [0.15, 0.2) is 0 Å². The van der Waals surface area contributed by atoms with Crippen molar-refractivity contribution >= 4 is 39.2 Å². The first-order valence-electron chi connectivity index (χ1n) is 7.18. The molecule has 0 unspecified atom stereocenters. The highest BCUT2D eigenvalue weighted by Gasteiger charge is 2.12. The maximum atomic E-state index is 5.94. The van der Waals surface area contributed by atoms with E-state index in [4.69, 9.17) is 4.42 Å². The van der Waals surface area contributed by atoms with Gasteiger partial charge in [0.2, 0.25) is 0 Å². The van der Waals surface area contributed by atoms with Crippen molar-refractivity contribution in [3.8, 4) is 0 Å². The number of anilines is 1. The molecule has 0 aliphatic heterocycles. The average molecular weight is 391 g/mol. The number of rotatable bonds is 4. The summed E-state index contributed by atoms with van der Waals surface area (Å²) in [4.78, 5) is 0. The molecule has 21 heavy (non-hydrogen) atoms. The van der Waals surface area contributed by atoms with Crippen LogP contribution in [0.2, 0.25) is 0 Å². The molecule has 1 heterocycles. The van der Waals surface area contributed by atoms with Crippen LogP contribution in [0.1, 0.15) is 23.8 Å². The van der Waals surface area contributed by atoms with Crippen LogP contribution in [0.3, 0.4) is 0 Å². The zero-order chi connectivity index (χ0) is 14.8. The summed E-state index contributed by atoms with van der Waals surface area (Å²) in [5.74, 6) is 1.07. The molecule has 0 amide bonds. The first kappa shape index (κ1) is 14.4. The Hall–Kier alpha value is -1.49. The molecule has 0 saturated carbocycles. The summed E-state index contributed by atoms with van der Waals surface area (Å²) < 4.78 is 7.22. The number of benzene rings is 2. The van der Waals surface area contributed by atoms with Crippen LogP contribution in [-0.2, 0) is 13.0 Å². The highest BCUT2D eigenvalue weighted by Crippen LogP contribution is 2.27. The molecule has 0 aliphatic carbocycles. The highest BCUT2D eigenvalue weighted by atomic mass is 127. The van der Waals surface area contributed by atoms with E-state index in [2.05, 4.69) is 72.1 Å². The van der Waals surface area contributed by atoms with Gasteiger partial charge in [0, 0.05) is 33.2 Å².